The molecular formula is C8H15F2N. The molecule has 0 aromatic rings. The van der Waals surface area contributed by atoms with Gasteiger partial charge in [-0.2, -0.15) is 0 Å². The van der Waals surface area contributed by atoms with Gasteiger partial charge in [0.1, 0.15) is 0 Å². The van der Waals surface area contributed by atoms with Crippen LogP contribution in [-0.4, -0.2) is 31.0 Å². The van der Waals surface area contributed by atoms with Gasteiger partial charge in [-0.05, 0) is 5.92 Å². The molecule has 0 aliphatic carbocycles. The Morgan fingerprint density at radius 2 is 1.91 bits per heavy atom. The predicted molar refractivity (Wildman–Crippen MR) is 40.8 cm³/mol. The van der Waals surface area contributed by atoms with Gasteiger partial charge in [0.05, 0.1) is 0 Å². The molecule has 0 aromatic carbocycles. The van der Waals surface area contributed by atoms with Gasteiger partial charge in [-0.3, -0.25) is 0 Å². The van der Waals surface area contributed by atoms with E-state index in [1.807, 2.05) is 0 Å². The minimum atomic E-state index is -2.11. The van der Waals surface area contributed by atoms with Gasteiger partial charge in [0.2, 0.25) is 6.43 Å². The van der Waals surface area contributed by atoms with Gasteiger partial charge in [0.25, 0.3) is 0 Å². The van der Waals surface area contributed by atoms with E-state index in [9.17, 15) is 8.78 Å². The molecule has 11 heavy (non-hydrogen) atoms. The third-order valence-corrected chi connectivity index (χ3v) is 1.97. The Morgan fingerprint density at radius 1 is 1.36 bits per heavy atom. The van der Waals surface area contributed by atoms with E-state index in [-0.39, 0.29) is 5.92 Å². The summed E-state index contributed by atoms with van der Waals surface area (Å²) in [5.74, 6) is 0.238. The number of alkyl halides is 2. The van der Waals surface area contributed by atoms with Crippen LogP contribution < -0.4 is 0 Å². The standard InChI is InChI=1S/C8H15F2N/c1-6(2)3-11-4-7(5-11)8(9)10/h6-8H,3-5H2,1-2H3. The molecule has 0 saturated carbocycles. The molecule has 1 rings (SSSR count). The van der Waals surface area contributed by atoms with Gasteiger partial charge >= 0.3 is 0 Å². The maximum Gasteiger partial charge on any atom is 0.243 e. The third kappa shape index (κ3) is 2.40. The zero-order valence-corrected chi connectivity index (χ0v) is 7.06. The molecule has 1 fully saturated rings. The second-order valence-corrected chi connectivity index (χ2v) is 3.71. The first-order chi connectivity index (χ1) is 5.09. The molecule has 0 radical (unpaired) electrons. The van der Waals surface area contributed by atoms with Gasteiger partial charge in [0.15, 0.2) is 0 Å². The predicted octanol–water partition coefficient (Wildman–Crippen LogP) is 1.84. The van der Waals surface area contributed by atoms with Gasteiger partial charge in [-0.15, -0.1) is 0 Å². The third-order valence-electron chi connectivity index (χ3n) is 1.97. The van der Waals surface area contributed by atoms with Crippen LogP contribution in [0, 0.1) is 11.8 Å². The van der Waals surface area contributed by atoms with E-state index in [1.165, 1.54) is 0 Å². The topological polar surface area (TPSA) is 3.24 Å². The first kappa shape index (κ1) is 8.91. The van der Waals surface area contributed by atoms with E-state index in [4.69, 9.17) is 0 Å². The van der Waals surface area contributed by atoms with Crippen LogP contribution in [0.25, 0.3) is 0 Å². The Kier molecular flexibility index (Phi) is 2.82. The van der Waals surface area contributed by atoms with Gasteiger partial charge in [0, 0.05) is 25.6 Å². The molecule has 0 aromatic heterocycles. The van der Waals surface area contributed by atoms with E-state index < -0.39 is 6.43 Å². The summed E-state index contributed by atoms with van der Waals surface area (Å²) in [5, 5.41) is 0. The van der Waals surface area contributed by atoms with Crippen LogP contribution in [0.2, 0.25) is 0 Å². The fourth-order valence-corrected chi connectivity index (χ4v) is 1.43. The molecular weight excluding hydrogens is 148 g/mol. The van der Waals surface area contributed by atoms with Crippen LogP contribution >= 0.6 is 0 Å². The Hall–Kier alpha value is -0.180. The maximum atomic E-state index is 12.0. The van der Waals surface area contributed by atoms with Crippen molar-refractivity contribution in [2.24, 2.45) is 11.8 Å². The van der Waals surface area contributed by atoms with Crippen molar-refractivity contribution in [2.75, 3.05) is 19.6 Å². The number of rotatable bonds is 3. The van der Waals surface area contributed by atoms with Crippen molar-refractivity contribution in [3.8, 4) is 0 Å². The number of hydrogen-bond acceptors (Lipinski definition) is 1. The van der Waals surface area contributed by atoms with Crippen molar-refractivity contribution >= 4 is 0 Å². The second-order valence-electron chi connectivity index (χ2n) is 3.71. The van der Waals surface area contributed by atoms with E-state index in [0.717, 1.165) is 6.54 Å². The zero-order chi connectivity index (χ0) is 8.43. The molecule has 0 atom stereocenters. The molecule has 0 N–H and O–H groups in total. The lowest BCUT2D eigenvalue weighted by Gasteiger charge is -2.39. The summed E-state index contributed by atoms with van der Waals surface area (Å²) in [7, 11) is 0. The summed E-state index contributed by atoms with van der Waals surface area (Å²) in [6, 6.07) is 0. The highest BCUT2D eigenvalue weighted by Crippen LogP contribution is 2.22. The fraction of sp³-hybridized carbons (Fsp3) is 1.00. The molecule has 0 spiro atoms. The Morgan fingerprint density at radius 3 is 2.27 bits per heavy atom. The SMILES string of the molecule is CC(C)CN1CC(C(F)F)C1. The highest BCUT2D eigenvalue weighted by molar-refractivity contribution is 4.81. The summed E-state index contributed by atoms with van der Waals surface area (Å²) in [6.45, 7) is 6.36. The largest absolute Gasteiger partial charge is 0.302 e. The van der Waals surface area contributed by atoms with Crippen LogP contribution in [0.3, 0.4) is 0 Å². The fourth-order valence-electron chi connectivity index (χ4n) is 1.43. The molecule has 1 heterocycles. The molecule has 0 unspecified atom stereocenters. The second kappa shape index (κ2) is 3.48. The summed E-state index contributed by atoms with van der Waals surface area (Å²) < 4.78 is 23.9. The lowest BCUT2D eigenvalue weighted by Crippen LogP contribution is -2.50. The van der Waals surface area contributed by atoms with Crippen LogP contribution in [0.4, 0.5) is 8.78 Å². The van der Waals surface area contributed by atoms with Gasteiger partial charge in [-0.25, -0.2) is 8.78 Å². The highest BCUT2D eigenvalue weighted by atomic mass is 19.3. The quantitative estimate of drug-likeness (QED) is 0.613. The molecule has 1 aliphatic rings. The van der Waals surface area contributed by atoms with Crippen molar-refractivity contribution < 1.29 is 8.78 Å². The smallest absolute Gasteiger partial charge is 0.243 e. The van der Waals surface area contributed by atoms with Crippen molar-refractivity contribution in [1.29, 1.82) is 0 Å². The Bertz CT molecular complexity index is 119. The average Bonchev–Trinajstić information content (AvgIpc) is 1.75. The molecule has 1 nitrogen and oxygen atoms in total. The summed E-state index contributed by atoms with van der Waals surface area (Å²) in [5.41, 5.74) is 0. The van der Waals surface area contributed by atoms with Gasteiger partial charge < -0.3 is 4.90 Å². The first-order valence-corrected chi connectivity index (χ1v) is 4.10. The van der Waals surface area contributed by atoms with E-state index in [2.05, 4.69) is 18.7 Å². The van der Waals surface area contributed by atoms with Crippen molar-refractivity contribution in [3.63, 3.8) is 0 Å². The van der Waals surface area contributed by atoms with Crippen LogP contribution in [0.15, 0.2) is 0 Å². The lowest BCUT2D eigenvalue weighted by atomic mass is 9.99. The molecule has 0 bridgehead atoms. The molecule has 1 aliphatic heterocycles. The number of halogens is 2. The number of likely N-dealkylation sites (tertiary alicyclic amines) is 1. The molecule has 0 amide bonds. The van der Waals surface area contributed by atoms with Crippen LogP contribution in [0.1, 0.15) is 13.8 Å². The number of nitrogens with zero attached hydrogens (tertiary/aromatic N) is 1. The molecule has 1 saturated heterocycles. The minimum absolute atomic E-state index is 0.353. The normalized spacial score (nSPS) is 21.3. The molecule has 3 heteroatoms. The number of hydrogen-bond donors (Lipinski definition) is 0. The van der Waals surface area contributed by atoms with Gasteiger partial charge in [-0.1, -0.05) is 13.8 Å². The van der Waals surface area contributed by atoms with Crippen LogP contribution in [-0.2, 0) is 0 Å². The van der Waals surface area contributed by atoms with E-state index >= 15 is 0 Å². The van der Waals surface area contributed by atoms with Crippen molar-refractivity contribution in [1.82, 2.24) is 4.90 Å². The first-order valence-electron chi connectivity index (χ1n) is 4.10. The lowest BCUT2D eigenvalue weighted by molar-refractivity contribution is -0.0283. The maximum absolute atomic E-state index is 12.0. The highest BCUT2D eigenvalue weighted by Gasteiger charge is 2.33. The minimum Gasteiger partial charge on any atom is -0.302 e. The van der Waals surface area contributed by atoms with Crippen molar-refractivity contribution in [3.05, 3.63) is 0 Å². The zero-order valence-electron chi connectivity index (χ0n) is 7.06. The summed E-state index contributed by atoms with van der Waals surface area (Å²) >= 11 is 0. The van der Waals surface area contributed by atoms with E-state index in [0.29, 0.717) is 19.0 Å². The molecule has 66 valence electrons. The Balaban J connectivity index is 2.09. The van der Waals surface area contributed by atoms with Crippen molar-refractivity contribution in [2.45, 2.75) is 20.3 Å². The Labute approximate surface area is 66.4 Å². The van der Waals surface area contributed by atoms with Crippen LogP contribution in [0.5, 0.6) is 0 Å². The average molecular weight is 163 g/mol. The summed E-state index contributed by atoms with van der Waals surface area (Å²) in [6.07, 6.45) is -2.11. The summed E-state index contributed by atoms with van der Waals surface area (Å²) in [4.78, 5) is 2.08. The van der Waals surface area contributed by atoms with E-state index in [1.54, 1.807) is 0 Å². The monoisotopic (exact) mass is 163 g/mol.